The fourth-order valence-electron chi connectivity index (χ4n) is 1.94. The number of ether oxygens (including phenoxy) is 2. The lowest BCUT2D eigenvalue weighted by molar-refractivity contribution is -0.118. The van der Waals surface area contributed by atoms with Crippen molar-refractivity contribution in [1.29, 1.82) is 0 Å². The summed E-state index contributed by atoms with van der Waals surface area (Å²) in [6.07, 6.45) is 0.680. The molecule has 1 N–H and O–H groups in total. The summed E-state index contributed by atoms with van der Waals surface area (Å²) in [4.78, 5) is 22.6. The number of halogens is 1. The van der Waals surface area contributed by atoms with Crippen LogP contribution in [-0.2, 0) is 4.79 Å². The van der Waals surface area contributed by atoms with Crippen LogP contribution in [0.15, 0.2) is 36.4 Å². The Bertz CT molecular complexity index is 731. The number of anilines is 1. The summed E-state index contributed by atoms with van der Waals surface area (Å²) in [5, 5.41) is 2.45. The van der Waals surface area contributed by atoms with Gasteiger partial charge in [-0.15, -0.1) is 0 Å². The summed E-state index contributed by atoms with van der Waals surface area (Å²) >= 11 is 0. The molecule has 0 aliphatic rings. The first-order valence-electron chi connectivity index (χ1n) is 6.85. The number of methoxy groups -OCH3 is 1. The van der Waals surface area contributed by atoms with Gasteiger partial charge in [-0.25, -0.2) is 4.39 Å². The van der Waals surface area contributed by atoms with E-state index in [0.717, 1.165) is 5.56 Å². The zero-order valence-corrected chi connectivity index (χ0v) is 12.8. The fourth-order valence-corrected chi connectivity index (χ4v) is 1.94. The van der Waals surface area contributed by atoms with E-state index in [1.165, 1.54) is 31.4 Å². The number of hydrogen-bond acceptors (Lipinski definition) is 4. The van der Waals surface area contributed by atoms with Crippen LogP contribution in [0.2, 0.25) is 0 Å². The Balaban J connectivity index is 2.02. The molecule has 0 heterocycles. The van der Waals surface area contributed by atoms with Gasteiger partial charge in [0, 0.05) is 5.56 Å². The Morgan fingerprint density at radius 3 is 2.70 bits per heavy atom. The van der Waals surface area contributed by atoms with Crippen LogP contribution in [0.5, 0.6) is 11.5 Å². The molecule has 2 aromatic carbocycles. The molecular formula is C17H16FNO4. The van der Waals surface area contributed by atoms with Crippen molar-refractivity contribution >= 4 is 17.9 Å². The molecule has 0 aromatic heterocycles. The SMILES string of the molecule is COc1cc(C=O)ccc1OCC(=O)Nc1cc(C)ccc1F. The molecule has 0 bridgehead atoms. The lowest BCUT2D eigenvalue weighted by Crippen LogP contribution is -2.21. The second-order valence-electron chi connectivity index (χ2n) is 4.85. The second kappa shape index (κ2) is 7.40. The van der Waals surface area contributed by atoms with Crippen LogP contribution in [0.3, 0.4) is 0 Å². The molecule has 0 spiro atoms. The minimum atomic E-state index is -0.517. The van der Waals surface area contributed by atoms with Crippen molar-refractivity contribution < 1.29 is 23.5 Å². The lowest BCUT2D eigenvalue weighted by atomic mass is 10.2. The van der Waals surface area contributed by atoms with Crippen molar-refractivity contribution in [1.82, 2.24) is 0 Å². The van der Waals surface area contributed by atoms with Crippen molar-refractivity contribution in [2.24, 2.45) is 0 Å². The van der Waals surface area contributed by atoms with Gasteiger partial charge in [0.15, 0.2) is 18.1 Å². The molecule has 120 valence electrons. The molecule has 2 rings (SSSR count). The van der Waals surface area contributed by atoms with E-state index in [1.54, 1.807) is 19.1 Å². The third-order valence-corrected chi connectivity index (χ3v) is 3.08. The fraction of sp³-hybridized carbons (Fsp3) is 0.176. The van der Waals surface area contributed by atoms with Crippen molar-refractivity contribution in [2.75, 3.05) is 19.0 Å². The predicted octanol–water partition coefficient (Wildman–Crippen LogP) is 2.97. The highest BCUT2D eigenvalue weighted by molar-refractivity contribution is 5.92. The second-order valence-corrected chi connectivity index (χ2v) is 4.85. The number of hydrogen-bond donors (Lipinski definition) is 1. The quantitative estimate of drug-likeness (QED) is 0.832. The van der Waals surface area contributed by atoms with Crippen molar-refractivity contribution in [3.8, 4) is 11.5 Å². The Morgan fingerprint density at radius 2 is 2.00 bits per heavy atom. The monoisotopic (exact) mass is 317 g/mol. The largest absolute Gasteiger partial charge is 0.493 e. The first kappa shape index (κ1) is 16.5. The summed E-state index contributed by atoms with van der Waals surface area (Å²) in [5.74, 6) is -0.366. The molecule has 0 saturated carbocycles. The van der Waals surface area contributed by atoms with Crippen molar-refractivity contribution in [3.63, 3.8) is 0 Å². The van der Waals surface area contributed by atoms with E-state index in [9.17, 15) is 14.0 Å². The molecule has 1 amide bonds. The van der Waals surface area contributed by atoms with Crippen molar-refractivity contribution in [2.45, 2.75) is 6.92 Å². The van der Waals surface area contributed by atoms with Gasteiger partial charge in [-0.2, -0.15) is 0 Å². The molecule has 0 saturated heterocycles. The van der Waals surface area contributed by atoms with E-state index < -0.39 is 11.7 Å². The van der Waals surface area contributed by atoms with Gasteiger partial charge in [-0.1, -0.05) is 6.07 Å². The number of carbonyl (C=O) groups excluding carboxylic acids is 2. The van der Waals surface area contributed by atoms with Crippen LogP contribution in [0.4, 0.5) is 10.1 Å². The maximum absolute atomic E-state index is 13.6. The molecule has 0 atom stereocenters. The lowest BCUT2D eigenvalue weighted by Gasteiger charge is -2.11. The Hall–Kier alpha value is -2.89. The highest BCUT2D eigenvalue weighted by Crippen LogP contribution is 2.27. The van der Waals surface area contributed by atoms with E-state index in [-0.39, 0.29) is 12.3 Å². The molecule has 5 nitrogen and oxygen atoms in total. The normalized spacial score (nSPS) is 10.0. The van der Waals surface area contributed by atoms with Crippen molar-refractivity contribution in [3.05, 3.63) is 53.3 Å². The van der Waals surface area contributed by atoms with Gasteiger partial charge in [0.25, 0.3) is 5.91 Å². The molecule has 0 aliphatic carbocycles. The summed E-state index contributed by atoms with van der Waals surface area (Å²) in [6, 6.07) is 9.01. The average molecular weight is 317 g/mol. The molecule has 0 unspecified atom stereocenters. The van der Waals surface area contributed by atoms with Crippen LogP contribution in [0, 0.1) is 12.7 Å². The molecule has 2 aromatic rings. The molecule has 0 aliphatic heterocycles. The van der Waals surface area contributed by atoms with E-state index in [2.05, 4.69) is 5.32 Å². The van der Waals surface area contributed by atoms with Gasteiger partial charge < -0.3 is 14.8 Å². The number of aldehydes is 1. The van der Waals surface area contributed by atoms with Gasteiger partial charge >= 0.3 is 0 Å². The number of benzene rings is 2. The van der Waals surface area contributed by atoms with E-state index in [1.807, 2.05) is 0 Å². The van der Waals surface area contributed by atoms with E-state index >= 15 is 0 Å². The van der Waals surface area contributed by atoms with Gasteiger partial charge in [0.1, 0.15) is 12.1 Å². The highest BCUT2D eigenvalue weighted by Gasteiger charge is 2.11. The molecular weight excluding hydrogens is 301 g/mol. The van der Waals surface area contributed by atoms with Crippen LogP contribution < -0.4 is 14.8 Å². The van der Waals surface area contributed by atoms with Crippen LogP contribution in [0.25, 0.3) is 0 Å². The summed E-state index contributed by atoms with van der Waals surface area (Å²) in [7, 11) is 1.43. The molecule has 0 radical (unpaired) electrons. The summed E-state index contributed by atoms with van der Waals surface area (Å²) in [6.45, 7) is 1.48. The first-order chi connectivity index (χ1) is 11.0. The zero-order chi connectivity index (χ0) is 16.8. The Kier molecular flexibility index (Phi) is 5.30. The number of aryl methyl sites for hydroxylation is 1. The Labute approximate surface area is 133 Å². The molecule has 23 heavy (non-hydrogen) atoms. The molecule has 6 heteroatoms. The topological polar surface area (TPSA) is 64.6 Å². The van der Waals surface area contributed by atoms with Gasteiger partial charge in [0.05, 0.1) is 12.8 Å². The highest BCUT2D eigenvalue weighted by atomic mass is 19.1. The standard InChI is InChI=1S/C17H16FNO4/c1-11-3-5-13(18)14(7-11)19-17(21)10-23-15-6-4-12(9-20)8-16(15)22-2/h3-9H,10H2,1-2H3,(H,19,21). The smallest absolute Gasteiger partial charge is 0.262 e. The predicted molar refractivity (Wildman–Crippen MR) is 83.6 cm³/mol. The van der Waals surface area contributed by atoms with Crippen LogP contribution >= 0.6 is 0 Å². The number of nitrogens with one attached hydrogen (secondary N) is 1. The van der Waals surface area contributed by atoms with Gasteiger partial charge in [-0.3, -0.25) is 9.59 Å². The van der Waals surface area contributed by atoms with Gasteiger partial charge in [0.2, 0.25) is 0 Å². The average Bonchev–Trinajstić information content (AvgIpc) is 2.56. The molecule has 0 fully saturated rings. The summed E-state index contributed by atoms with van der Waals surface area (Å²) in [5.41, 5.74) is 1.36. The number of carbonyl (C=O) groups is 2. The maximum atomic E-state index is 13.6. The zero-order valence-electron chi connectivity index (χ0n) is 12.8. The number of amides is 1. The Morgan fingerprint density at radius 1 is 1.22 bits per heavy atom. The van der Waals surface area contributed by atoms with Crippen LogP contribution in [0.1, 0.15) is 15.9 Å². The minimum absolute atomic E-state index is 0.0990. The minimum Gasteiger partial charge on any atom is -0.493 e. The third kappa shape index (κ3) is 4.29. The maximum Gasteiger partial charge on any atom is 0.262 e. The van der Waals surface area contributed by atoms with E-state index in [4.69, 9.17) is 9.47 Å². The summed E-state index contributed by atoms with van der Waals surface area (Å²) < 4.78 is 24.0. The first-order valence-corrected chi connectivity index (χ1v) is 6.85. The van der Waals surface area contributed by atoms with E-state index in [0.29, 0.717) is 23.3 Å². The van der Waals surface area contributed by atoms with Gasteiger partial charge in [-0.05, 0) is 42.8 Å². The van der Waals surface area contributed by atoms with Crippen LogP contribution in [-0.4, -0.2) is 25.9 Å². The number of rotatable bonds is 6. The third-order valence-electron chi connectivity index (χ3n) is 3.08.